The van der Waals surface area contributed by atoms with Gasteiger partial charge in [-0.2, -0.15) is 5.10 Å². The number of nitrogens with zero attached hydrogens (tertiary/aromatic N) is 3. The second-order valence-corrected chi connectivity index (χ2v) is 13.5. The molecule has 0 radical (unpaired) electrons. The molecule has 0 spiro atoms. The van der Waals surface area contributed by atoms with E-state index in [2.05, 4.69) is 38.9 Å². The summed E-state index contributed by atoms with van der Waals surface area (Å²) in [7, 11) is -0.957. The molecule has 1 aliphatic carbocycles. The molecular formula is C25H30FN3O2S2. The minimum absolute atomic E-state index is 0.0327. The van der Waals surface area contributed by atoms with Crippen LogP contribution in [0.4, 0.5) is 4.39 Å². The fourth-order valence-electron chi connectivity index (χ4n) is 4.20. The second kappa shape index (κ2) is 9.14. The number of aromatic nitrogens is 2. The van der Waals surface area contributed by atoms with Crippen LogP contribution in [0.25, 0.3) is 11.1 Å². The van der Waals surface area contributed by atoms with Gasteiger partial charge in [-0.1, -0.05) is 45.9 Å². The molecular weight excluding hydrogens is 457 g/mol. The van der Waals surface area contributed by atoms with E-state index in [1.165, 1.54) is 26.0 Å². The molecule has 1 aliphatic heterocycles. The van der Waals surface area contributed by atoms with Gasteiger partial charge in [0.05, 0.1) is 5.69 Å². The predicted octanol–water partition coefficient (Wildman–Crippen LogP) is 6.95. The summed E-state index contributed by atoms with van der Waals surface area (Å²) in [6, 6.07) is 6.00. The lowest BCUT2D eigenvalue weighted by Gasteiger charge is -2.33. The lowest BCUT2D eigenvalue weighted by molar-refractivity contribution is 0.0689. The largest absolute Gasteiger partial charge is 0.476 e. The van der Waals surface area contributed by atoms with Crippen LogP contribution >= 0.6 is 22.7 Å². The highest BCUT2D eigenvalue weighted by Crippen LogP contribution is 2.58. The van der Waals surface area contributed by atoms with E-state index in [9.17, 15) is 14.3 Å². The van der Waals surface area contributed by atoms with Crippen LogP contribution in [-0.2, 0) is 0 Å². The number of hydrogen-bond acceptors (Lipinski definition) is 4. The Hall–Kier alpha value is -2.32. The van der Waals surface area contributed by atoms with Gasteiger partial charge in [0, 0.05) is 21.3 Å². The summed E-state index contributed by atoms with van der Waals surface area (Å²) in [4.78, 5) is 18.5. The van der Waals surface area contributed by atoms with E-state index >= 15 is 0 Å². The SMILES string of the molecule is Cc1nn(C2=NC=C(SC(C)C)[SH]2C2=CCC(C)(C)CC2)c(C(=O)O)c1-c1cccc(F)c1. The maximum Gasteiger partial charge on any atom is 0.355 e. The van der Waals surface area contributed by atoms with Crippen molar-refractivity contribution in [3.63, 3.8) is 0 Å². The van der Waals surface area contributed by atoms with E-state index in [-0.39, 0.29) is 11.1 Å². The summed E-state index contributed by atoms with van der Waals surface area (Å²) in [5.41, 5.74) is 1.78. The van der Waals surface area contributed by atoms with Gasteiger partial charge in [-0.05, 0) is 54.2 Å². The highest BCUT2D eigenvalue weighted by atomic mass is 32.2. The number of halogens is 1. The molecule has 0 amide bonds. The van der Waals surface area contributed by atoms with Gasteiger partial charge in [0.2, 0.25) is 0 Å². The molecule has 33 heavy (non-hydrogen) atoms. The lowest BCUT2D eigenvalue weighted by atomic mass is 9.81. The predicted molar refractivity (Wildman–Crippen MR) is 138 cm³/mol. The Morgan fingerprint density at radius 3 is 2.70 bits per heavy atom. The van der Waals surface area contributed by atoms with Crippen LogP contribution in [-0.4, -0.2) is 31.3 Å². The molecule has 0 fully saturated rings. The number of aromatic carboxylic acids is 1. The Bertz CT molecular complexity index is 1190. The first kappa shape index (κ1) is 23.8. The molecule has 0 bridgehead atoms. The molecule has 4 rings (SSSR count). The molecule has 1 aromatic heterocycles. The number of carboxylic acids is 1. The van der Waals surface area contributed by atoms with Crippen LogP contribution in [0.15, 0.2) is 50.7 Å². The number of rotatable bonds is 5. The zero-order valence-corrected chi connectivity index (χ0v) is 21.3. The first-order valence-electron chi connectivity index (χ1n) is 11.1. The molecule has 1 atom stereocenters. The zero-order valence-electron chi connectivity index (χ0n) is 19.6. The number of carboxylic acid groups (broad SMARTS) is 1. The van der Waals surface area contributed by atoms with Crippen LogP contribution in [0.5, 0.6) is 0 Å². The van der Waals surface area contributed by atoms with Crippen molar-refractivity contribution in [3.8, 4) is 11.1 Å². The smallest absolute Gasteiger partial charge is 0.355 e. The van der Waals surface area contributed by atoms with E-state index in [0.29, 0.717) is 27.2 Å². The Kier molecular flexibility index (Phi) is 6.60. The van der Waals surface area contributed by atoms with Gasteiger partial charge in [0.15, 0.2) is 10.9 Å². The van der Waals surface area contributed by atoms with Gasteiger partial charge in [-0.15, -0.1) is 22.7 Å². The summed E-state index contributed by atoms with van der Waals surface area (Å²) in [5.74, 6) is -1.51. The summed E-state index contributed by atoms with van der Waals surface area (Å²) >= 11 is 1.78. The fourth-order valence-corrected chi connectivity index (χ4v) is 8.47. The molecule has 2 aliphatic rings. The van der Waals surface area contributed by atoms with Crippen molar-refractivity contribution < 1.29 is 14.3 Å². The molecule has 0 saturated heterocycles. The molecule has 2 heterocycles. The maximum absolute atomic E-state index is 14.0. The summed E-state index contributed by atoms with van der Waals surface area (Å²) in [6.45, 7) is 10.6. The molecule has 2 aromatic rings. The van der Waals surface area contributed by atoms with Gasteiger partial charge in [0.25, 0.3) is 0 Å². The minimum atomic E-state index is -1.10. The third kappa shape index (κ3) is 4.82. The third-order valence-corrected chi connectivity index (χ3v) is 9.79. The Morgan fingerprint density at radius 1 is 1.33 bits per heavy atom. The molecule has 1 unspecified atom stereocenters. The van der Waals surface area contributed by atoms with Crippen molar-refractivity contribution in [3.05, 3.63) is 62.9 Å². The van der Waals surface area contributed by atoms with E-state index in [1.54, 1.807) is 30.8 Å². The molecule has 176 valence electrons. The highest BCUT2D eigenvalue weighted by Gasteiger charge is 2.35. The van der Waals surface area contributed by atoms with Crippen molar-refractivity contribution in [1.82, 2.24) is 9.78 Å². The summed E-state index contributed by atoms with van der Waals surface area (Å²) in [5, 5.41) is 15.9. The number of aliphatic imine (C=N–C) groups is 1. The Morgan fingerprint density at radius 2 is 2.09 bits per heavy atom. The second-order valence-electron chi connectivity index (χ2n) is 9.50. The Labute approximate surface area is 201 Å². The zero-order chi connectivity index (χ0) is 23.9. The minimum Gasteiger partial charge on any atom is -0.476 e. The van der Waals surface area contributed by atoms with Gasteiger partial charge in [-0.25, -0.2) is 18.9 Å². The molecule has 8 heteroatoms. The number of hydrogen-bond donors (Lipinski definition) is 2. The van der Waals surface area contributed by atoms with Crippen molar-refractivity contribution in [2.45, 2.75) is 59.1 Å². The van der Waals surface area contributed by atoms with E-state index in [1.807, 2.05) is 6.20 Å². The first-order chi connectivity index (χ1) is 15.6. The van der Waals surface area contributed by atoms with Gasteiger partial charge >= 0.3 is 5.97 Å². The fraction of sp³-hybridized carbons (Fsp3) is 0.400. The summed E-state index contributed by atoms with van der Waals surface area (Å²) < 4.78 is 16.6. The number of benzene rings is 1. The van der Waals surface area contributed by atoms with Crippen molar-refractivity contribution in [2.75, 3.05) is 0 Å². The topological polar surface area (TPSA) is 67.5 Å². The molecule has 0 saturated carbocycles. The first-order valence-corrected chi connectivity index (χ1v) is 13.3. The number of carbonyl (C=O) groups is 1. The van der Waals surface area contributed by atoms with Crippen LogP contribution in [0.3, 0.4) is 0 Å². The maximum atomic E-state index is 14.0. The third-order valence-electron chi connectivity index (χ3n) is 5.87. The quantitative estimate of drug-likeness (QED) is 0.448. The number of thiol groups is 1. The lowest BCUT2D eigenvalue weighted by Crippen LogP contribution is -2.21. The van der Waals surface area contributed by atoms with Gasteiger partial charge < -0.3 is 5.11 Å². The van der Waals surface area contributed by atoms with Gasteiger partial charge in [0.1, 0.15) is 5.82 Å². The van der Waals surface area contributed by atoms with Crippen LogP contribution in [0, 0.1) is 18.2 Å². The molecule has 1 aromatic carbocycles. The van der Waals surface area contributed by atoms with E-state index in [0.717, 1.165) is 19.3 Å². The number of aryl methyl sites for hydroxylation is 1. The van der Waals surface area contributed by atoms with Crippen molar-refractivity contribution in [2.24, 2.45) is 10.4 Å². The standard InChI is InChI=1S/C25H30FN3O2S2/c1-15(2)32-20-14-27-24(33(20)19-9-11-25(4,5)12-10-19)29-22(23(30)31)21(16(3)28-29)17-7-6-8-18(26)13-17/h6-9,13-15,33H,10-12H2,1-5H3,(H,30,31). The van der Waals surface area contributed by atoms with E-state index in [4.69, 9.17) is 4.99 Å². The summed E-state index contributed by atoms with van der Waals surface area (Å²) in [6.07, 6.45) is 7.26. The van der Waals surface area contributed by atoms with Crippen molar-refractivity contribution in [1.29, 1.82) is 0 Å². The van der Waals surface area contributed by atoms with E-state index < -0.39 is 22.7 Å². The van der Waals surface area contributed by atoms with Crippen LogP contribution in [0.2, 0.25) is 0 Å². The average Bonchev–Trinajstić information content (AvgIpc) is 3.28. The monoisotopic (exact) mass is 487 g/mol. The number of allylic oxidation sites excluding steroid dienone is 2. The Balaban J connectivity index is 1.83. The van der Waals surface area contributed by atoms with Gasteiger partial charge in [-0.3, -0.25) is 0 Å². The van der Waals surface area contributed by atoms with Crippen LogP contribution < -0.4 is 0 Å². The normalized spacial score (nSPS) is 21.1. The molecule has 5 nitrogen and oxygen atoms in total. The van der Waals surface area contributed by atoms with Crippen LogP contribution in [0.1, 0.15) is 63.1 Å². The molecule has 1 N–H and O–H groups in total. The highest BCUT2D eigenvalue weighted by molar-refractivity contribution is 8.43. The van der Waals surface area contributed by atoms with Crippen molar-refractivity contribution >= 4 is 33.8 Å². The average molecular weight is 488 g/mol. The number of thioether (sulfide) groups is 1.